The summed E-state index contributed by atoms with van der Waals surface area (Å²) in [5.41, 5.74) is 2.75. The fourth-order valence-electron chi connectivity index (χ4n) is 2.24. The van der Waals surface area contributed by atoms with Crippen molar-refractivity contribution in [3.8, 4) is 5.75 Å². The molecule has 0 aliphatic heterocycles. The number of hydrogen-bond donors (Lipinski definition) is 2. The topological polar surface area (TPSA) is 63.2 Å². The van der Waals surface area contributed by atoms with Crippen molar-refractivity contribution in [3.05, 3.63) is 88.7 Å². The van der Waals surface area contributed by atoms with Gasteiger partial charge >= 0.3 is 6.03 Å². The summed E-state index contributed by atoms with van der Waals surface area (Å²) in [5.74, 6) is 0.775. The number of nitrogens with one attached hydrogen (secondary N) is 2. The molecule has 6 heteroatoms. The van der Waals surface area contributed by atoms with Gasteiger partial charge < -0.3 is 15.4 Å². The molecule has 3 aromatic rings. The third-order valence-electron chi connectivity index (χ3n) is 3.61. The van der Waals surface area contributed by atoms with Gasteiger partial charge in [0.15, 0.2) is 0 Å². The van der Waals surface area contributed by atoms with Crippen molar-refractivity contribution >= 4 is 27.6 Å². The molecular weight excluding hydrogens is 394 g/mol. The van der Waals surface area contributed by atoms with E-state index in [0.717, 1.165) is 27.0 Å². The van der Waals surface area contributed by atoms with Gasteiger partial charge in [0.05, 0.1) is 0 Å². The number of carbonyl (C=O) groups is 1. The van der Waals surface area contributed by atoms with Crippen molar-refractivity contribution < 1.29 is 9.53 Å². The maximum absolute atomic E-state index is 11.9. The molecule has 5 nitrogen and oxygen atoms in total. The minimum atomic E-state index is -0.246. The normalized spacial score (nSPS) is 10.2. The van der Waals surface area contributed by atoms with Crippen LogP contribution in [-0.4, -0.2) is 11.0 Å². The third kappa shape index (κ3) is 5.60. The molecule has 0 unspecified atom stereocenters. The van der Waals surface area contributed by atoms with E-state index in [2.05, 4.69) is 31.5 Å². The number of urea groups is 1. The molecule has 1 aromatic heterocycles. The number of ether oxygens (including phenoxy) is 1. The summed E-state index contributed by atoms with van der Waals surface area (Å²) in [6, 6.07) is 18.7. The molecule has 132 valence electrons. The number of halogens is 1. The van der Waals surface area contributed by atoms with Crippen LogP contribution < -0.4 is 15.4 Å². The van der Waals surface area contributed by atoms with E-state index in [1.165, 1.54) is 0 Å². The number of benzene rings is 2. The second-order valence-electron chi connectivity index (χ2n) is 5.61. The predicted octanol–water partition coefficient (Wildman–Crippen LogP) is 4.74. The van der Waals surface area contributed by atoms with E-state index < -0.39 is 0 Å². The summed E-state index contributed by atoms with van der Waals surface area (Å²) in [6.07, 6.45) is 3.51. The van der Waals surface area contributed by atoms with Crippen LogP contribution in [0.3, 0.4) is 0 Å². The Morgan fingerprint density at radius 3 is 2.46 bits per heavy atom. The highest BCUT2D eigenvalue weighted by atomic mass is 79.9. The van der Waals surface area contributed by atoms with Gasteiger partial charge in [0.25, 0.3) is 0 Å². The van der Waals surface area contributed by atoms with Crippen LogP contribution in [0.1, 0.15) is 11.1 Å². The van der Waals surface area contributed by atoms with E-state index in [-0.39, 0.29) is 6.03 Å². The van der Waals surface area contributed by atoms with Gasteiger partial charge in [-0.2, -0.15) is 0 Å². The van der Waals surface area contributed by atoms with Gasteiger partial charge in [0.2, 0.25) is 0 Å². The Balaban J connectivity index is 1.45. The van der Waals surface area contributed by atoms with E-state index in [0.29, 0.717) is 13.2 Å². The van der Waals surface area contributed by atoms with Crippen LogP contribution in [0.5, 0.6) is 5.75 Å². The van der Waals surface area contributed by atoms with Gasteiger partial charge in [-0.05, 0) is 48.0 Å². The fraction of sp³-hybridized carbons (Fsp3) is 0.100. The third-order valence-corrected chi connectivity index (χ3v) is 4.14. The van der Waals surface area contributed by atoms with Crippen molar-refractivity contribution in [2.24, 2.45) is 0 Å². The lowest BCUT2D eigenvalue weighted by molar-refractivity contribution is 0.251. The number of aromatic nitrogens is 1. The monoisotopic (exact) mass is 411 g/mol. The number of hydrogen-bond acceptors (Lipinski definition) is 3. The Bertz CT molecular complexity index is 837. The number of pyridine rings is 1. The van der Waals surface area contributed by atoms with Crippen molar-refractivity contribution in [3.63, 3.8) is 0 Å². The molecule has 0 atom stereocenters. The van der Waals surface area contributed by atoms with Gasteiger partial charge in [-0.15, -0.1) is 0 Å². The lowest BCUT2D eigenvalue weighted by atomic mass is 10.2. The minimum absolute atomic E-state index is 0.246. The van der Waals surface area contributed by atoms with E-state index in [1.807, 2.05) is 60.7 Å². The molecule has 26 heavy (non-hydrogen) atoms. The first-order chi connectivity index (χ1) is 12.7. The molecule has 0 radical (unpaired) electrons. The van der Waals surface area contributed by atoms with E-state index in [4.69, 9.17) is 4.74 Å². The lowest BCUT2D eigenvalue weighted by Crippen LogP contribution is -2.28. The Hall–Kier alpha value is -2.86. The van der Waals surface area contributed by atoms with Crippen molar-refractivity contribution in [2.75, 3.05) is 5.32 Å². The molecule has 0 saturated heterocycles. The van der Waals surface area contributed by atoms with Crippen LogP contribution in [-0.2, 0) is 13.2 Å². The maximum Gasteiger partial charge on any atom is 0.319 e. The van der Waals surface area contributed by atoms with Crippen molar-refractivity contribution in [2.45, 2.75) is 13.2 Å². The molecule has 2 amide bonds. The molecule has 2 aromatic carbocycles. The zero-order valence-corrected chi connectivity index (χ0v) is 15.6. The number of anilines is 1. The van der Waals surface area contributed by atoms with E-state index >= 15 is 0 Å². The molecule has 0 aliphatic rings. The second kappa shape index (κ2) is 9.01. The first kappa shape index (κ1) is 17.9. The van der Waals surface area contributed by atoms with Gasteiger partial charge in [-0.25, -0.2) is 4.79 Å². The molecule has 0 aliphatic carbocycles. The number of amides is 2. The molecule has 0 saturated carbocycles. The van der Waals surface area contributed by atoms with Crippen molar-refractivity contribution in [1.29, 1.82) is 0 Å². The van der Waals surface area contributed by atoms with Crippen LogP contribution in [0.25, 0.3) is 0 Å². The van der Waals surface area contributed by atoms with Crippen LogP contribution in [0.2, 0.25) is 0 Å². The zero-order chi connectivity index (χ0) is 18.2. The first-order valence-electron chi connectivity index (χ1n) is 8.10. The highest BCUT2D eigenvalue weighted by molar-refractivity contribution is 9.10. The molecule has 3 rings (SSSR count). The summed E-state index contributed by atoms with van der Waals surface area (Å²) >= 11 is 3.36. The second-order valence-corrected chi connectivity index (χ2v) is 6.52. The van der Waals surface area contributed by atoms with Gasteiger partial charge in [-0.1, -0.05) is 34.1 Å². The van der Waals surface area contributed by atoms with Crippen molar-refractivity contribution in [1.82, 2.24) is 10.3 Å². The van der Waals surface area contributed by atoms with Gasteiger partial charge in [-0.3, -0.25) is 4.98 Å². The van der Waals surface area contributed by atoms with Gasteiger partial charge in [0.1, 0.15) is 12.4 Å². The SMILES string of the molecule is O=C(NCc1ccc(OCc2cccnc2)cc1)Nc1ccc(Br)cc1. The average Bonchev–Trinajstić information content (AvgIpc) is 2.68. The summed E-state index contributed by atoms with van der Waals surface area (Å²) in [5, 5.41) is 5.62. The Morgan fingerprint density at radius 2 is 1.77 bits per heavy atom. The fourth-order valence-corrected chi connectivity index (χ4v) is 2.51. The van der Waals surface area contributed by atoms with E-state index in [1.54, 1.807) is 12.4 Å². The average molecular weight is 412 g/mol. The molecule has 0 fully saturated rings. The summed E-state index contributed by atoms with van der Waals surface area (Å²) in [7, 11) is 0. The van der Waals surface area contributed by atoms with Crippen LogP contribution in [0.15, 0.2) is 77.5 Å². The summed E-state index contributed by atoms with van der Waals surface area (Å²) in [6.45, 7) is 0.909. The van der Waals surface area contributed by atoms with Crippen LogP contribution in [0, 0.1) is 0 Å². The molecule has 2 N–H and O–H groups in total. The number of carbonyl (C=O) groups excluding carboxylic acids is 1. The maximum atomic E-state index is 11.9. The summed E-state index contributed by atoms with van der Waals surface area (Å²) < 4.78 is 6.68. The molecule has 1 heterocycles. The minimum Gasteiger partial charge on any atom is -0.489 e. The van der Waals surface area contributed by atoms with E-state index in [9.17, 15) is 4.79 Å². The van der Waals surface area contributed by atoms with Crippen LogP contribution in [0.4, 0.5) is 10.5 Å². The highest BCUT2D eigenvalue weighted by Gasteiger charge is 2.02. The number of nitrogens with zero attached hydrogens (tertiary/aromatic N) is 1. The largest absolute Gasteiger partial charge is 0.489 e. The van der Waals surface area contributed by atoms with Gasteiger partial charge in [0, 0.05) is 34.7 Å². The molecular formula is C20H18BrN3O2. The Kier molecular flexibility index (Phi) is 6.22. The highest BCUT2D eigenvalue weighted by Crippen LogP contribution is 2.15. The quantitative estimate of drug-likeness (QED) is 0.615. The standard InChI is InChI=1S/C20H18BrN3O2/c21-17-5-7-18(8-6-17)24-20(25)23-13-15-3-9-19(10-4-15)26-14-16-2-1-11-22-12-16/h1-12H,13-14H2,(H2,23,24,25). The van der Waals surface area contributed by atoms with Crippen LogP contribution >= 0.6 is 15.9 Å². The molecule has 0 bridgehead atoms. The molecule has 0 spiro atoms. The Labute approximate surface area is 160 Å². The Morgan fingerprint density at radius 1 is 1.00 bits per heavy atom. The first-order valence-corrected chi connectivity index (χ1v) is 8.89. The predicted molar refractivity (Wildman–Crippen MR) is 105 cm³/mol. The smallest absolute Gasteiger partial charge is 0.319 e. The lowest BCUT2D eigenvalue weighted by Gasteiger charge is -2.09. The number of rotatable bonds is 6. The zero-order valence-electron chi connectivity index (χ0n) is 14.0. The summed E-state index contributed by atoms with van der Waals surface area (Å²) in [4.78, 5) is 16.0.